The highest BCUT2D eigenvalue weighted by Gasteiger charge is 2.21. The lowest BCUT2D eigenvalue weighted by molar-refractivity contribution is 0.102. The first-order valence-corrected chi connectivity index (χ1v) is 8.94. The monoisotopic (exact) mass is 389 g/mol. The summed E-state index contributed by atoms with van der Waals surface area (Å²) in [6.07, 6.45) is 0. The molecule has 0 radical (unpaired) electrons. The molecule has 29 heavy (non-hydrogen) atoms. The molecule has 0 aliphatic carbocycles. The van der Waals surface area contributed by atoms with E-state index in [0.717, 1.165) is 5.56 Å². The fraction of sp³-hybridized carbons (Fsp3) is 0.130. The van der Waals surface area contributed by atoms with Gasteiger partial charge in [0, 0.05) is 29.1 Å². The minimum Gasteiger partial charge on any atom is -0.454 e. The summed E-state index contributed by atoms with van der Waals surface area (Å²) in [6, 6.07) is 20.0. The maximum Gasteiger partial charge on any atom is 0.255 e. The maximum absolute atomic E-state index is 13.9. The summed E-state index contributed by atoms with van der Waals surface area (Å²) < 4.78 is 19.5. The van der Waals surface area contributed by atoms with E-state index >= 15 is 0 Å². The zero-order chi connectivity index (χ0) is 21.0. The number of nitrogens with zero attached hydrogens (tertiary/aromatic N) is 1. The molecule has 0 aliphatic heterocycles. The molecule has 6 heteroatoms. The zero-order valence-electron chi connectivity index (χ0n) is 16.1. The van der Waals surface area contributed by atoms with Gasteiger partial charge in [-0.2, -0.15) is 5.26 Å². The molecule has 0 saturated heterocycles. The predicted octanol–water partition coefficient (Wildman–Crippen LogP) is 5.25. The van der Waals surface area contributed by atoms with Crippen molar-refractivity contribution in [3.63, 3.8) is 0 Å². The van der Waals surface area contributed by atoms with Gasteiger partial charge in [0.25, 0.3) is 5.91 Å². The van der Waals surface area contributed by atoms with Gasteiger partial charge in [-0.25, -0.2) is 4.39 Å². The zero-order valence-corrected chi connectivity index (χ0v) is 16.1. The van der Waals surface area contributed by atoms with Crippen molar-refractivity contribution < 1.29 is 13.9 Å². The molecule has 0 unspecified atom stereocenters. The van der Waals surface area contributed by atoms with Gasteiger partial charge >= 0.3 is 0 Å². The Morgan fingerprint density at radius 3 is 2.59 bits per heavy atom. The van der Waals surface area contributed by atoms with E-state index in [1.54, 1.807) is 62.4 Å². The summed E-state index contributed by atoms with van der Waals surface area (Å²) in [6.45, 7) is 3.59. The number of nitriles is 1. The second-order valence-corrected chi connectivity index (χ2v) is 7.09. The van der Waals surface area contributed by atoms with Gasteiger partial charge in [-0.1, -0.05) is 18.2 Å². The predicted molar refractivity (Wildman–Crippen MR) is 110 cm³/mol. The number of carbonyl (C=O) groups excluding carboxylic acids is 1. The quantitative estimate of drug-likeness (QED) is 0.583. The molecule has 1 amide bonds. The van der Waals surface area contributed by atoms with Crippen molar-refractivity contribution in [1.29, 1.82) is 5.26 Å². The third-order valence-electron chi connectivity index (χ3n) is 4.40. The number of halogens is 1. The molecule has 0 bridgehead atoms. The minimum atomic E-state index is -0.701. The molecule has 146 valence electrons. The third kappa shape index (κ3) is 4.71. The summed E-state index contributed by atoms with van der Waals surface area (Å²) in [7, 11) is 0. The molecular weight excluding hydrogens is 369 g/mol. The second-order valence-electron chi connectivity index (χ2n) is 7.09. The first-order valence-electron chi connectivity index (χ1n) is 8.94. The smallest absolute Gasteiger partial charge is 0.255 e. The van der Waals surface area contributed by atoms with Gasteiger partial charge in [-0.15, -0.1) is 0 Å². The Morgan fingerprint density at radius 2 is 1.86 bits per heavy atom. The lowest BCUT2D eigenvalue weighted by atomic mass is 9.85. The van der Waals surface area contributed by atoms with E-state index in [4.69, 9.17) is 10.5 Å². The van der Waals surface area contributed by atoms with E-state index in [1.165, 1.54) is 12.1 Å². The fourth-order valence-electron chi connectivity index (χ4n) is 2.68. The Balaban J connectivity index is 1.77. The van der Waals surface area contributed by atoms with Gasteiger partial charge in [-0.05, 0) is 55.8 Å². The largest absolute Gasteiger partial charge is 0.454 e. The van der Waals surface area contributed by atoms with E-state index in [1.807, 2.05) is 6.07 Å². The van der Waals surface area contributed by atoms with Crippen molar-refractivity contribution in [3.05, 3.63) is 83.7 Å². The van der Waals surface area contributed by atoms with E-state index in [0.29, 0.717) is 22.7 Å². The number of carbonyl (C=O) groups is 1. The summed E-state index contributed by atoms with van der Waals surface area (Å²) in [4.78, 5) is 12.6. The SMILES string of the molecule is CC(C)(C#N)c1cccc(C(=O)Nc2cccc(Oc3ccc(N)cc3F)c2)c1. The van der Waals surface area contributed by atoms with Crippen molar-refractivity contribution in [1.82, 2.24) is 0 Å². The number of hydrogen-bond acceptors (Lipinski definition) is 4. The van der Waals surface area contributed by atoms with Crippen molar-refractivity contribution in [3.8, 4) is 17.6 Å². The normalized spacial score (nSPS) is 10.8. The van der Waals surface area contributed by atoms with Crippen LogP contribution in [-0.4, -0.2) is 5.91 Å². The minimum absolute atomic E-state index is 0.0362. The van der Waals surface area contributed by atoms with E-state index in [9.17, 15) is 14.4 Å². The topological polar surface area (TPSA) is 88.1 Å². The van der Waals surface area contributed by atoms with Crippen LogP contribution in [-0.2, 0) is 5.41 Å². The molecule has 0 saturated carbocycles. The van der Waals surface area contributed by atoms with Crippen LogP contribution >= 0.6 is 0 Å². The van der Waals surface area contributed by atoms with Crippen molar-refractivity contribution >= 4 is 17.3 Å². The van der Waals surface area contributed by atoms with Gasteiger partial charge in [0.15, 0.2) is 11.6 Å². The summed E-state index contributed by atoms with van der Waals surface area (Å²) in [5, 5.41) is 12.1. The summed E-state index contributed by atoms with van der Waals surface area (Å²) in [5.74, 6) is -0.493. The average Bonchev–Trinajstić information content (AvgIpc) is 2.70. The molecule has 0 spiro atoms. The van der Waals surface area contributed by atoms with Crippen LogP contribution in [0.2, 0.25) is 0 Å². The highest BCUT2D eigenvalue weighted by atomic mass is 19.1. The molecule has 3 rings (SSSR count). The molecular formula is C23H20FN3O2. The maximum atomic E-state index is 13.9. The Labute approximate surface area is 168 Å². The second kappa shape index (κ2) is 8.03. The highest BCUT2D eigenvalue weighted by molar-refractivity contribution is 6.04. The van der Waals surface area contributed by atoms with Crippen molar-refractivity contribution in [2.75, 3.05) is 11.1 Å². The van der Waals surface area contributed by atoms with Gasteiger partial charge in [0.2, 0.25) is 0 Å². The Bertz CT molecular complexity index is 1100. The van der Waals surface area contributed by atoms with Gasteiger partial charge in [-0.3, -0.25) is 4.79 Å². The van der Waals surface area contributed by atoms with Crippen LogP contribution in [0, 0.1) is 17.1 Å². The summed E-state index contributed by atoms with van der Waals surface area (Å²) >= 11 is 0. The van der Waals surface area contributed by atoms with Crippen LogP contribution in [0.1, 0.15) is 29.8 Å². The van der Waals surface area contributed by atoms with Gasteiger partial charge in [0.05, 0.1) is 11.5 Å². The molecule has 0 aliphatic rings. The molecule has 5 nitrogen and oxygen atoms in total. The highest BCUT2D eigenvalue weighted by Crippen LogP contribution is 2.28. The standard InChI is InChI=1S/C23H20FN3O2/c1-23(2,14-25)16-6-3-5-15(11-16)22(28)27-18-7-4-8-19(13-18)29-21-10-9-17(26)12-20(21)24/h3-13H,26H2,1-2H3,(H,27,28). The van der Waals surface area contributed by atoms with Crippen LogP contribution in [0.15, 0.2) is 66.7 Å². The first kappa shape index (κ1) is 19.9. The number of ether oxygens (including phenoxy) is 1. The van der Waals surface area contributed by atoms with Gasteiger partial charge < -0.3 is 15.8 Å². The third-order valence-corrected chi connectivity index (χ3v) is 4.40. The Hall–Kier alpha value is -3.85. The van der Waals surface area contributed by atoms with E-state index in [2.05, 4.69) is 11.4 Å². The summed E-state index contributed by atoms with van der Waals surface area (Å²) in [5.41, 5.74) is 6.82. The molecule has 3 N–H and O–H groups in total. The fourth-order valence-corrected chi connectivity index (χ4v) is 2.68. The van der Waals surface area contributed by atoms with Crippen molar-refractivity contribution in [2.45, 2.75) is 19.3 Å². The van der Waals surface area contributed by atoms with Crippen molar-refractivity contribution in [2.24, 2.45) is 0 Å². The molecule has 0 heterocycles. The number of nitrogens with two attached hydrogens (primary N) is 1. The molecule has 0 atom stereocenters. The molecule has 3 aromatic rings. The van der Waals surface area contributed by atoms with E-state index < -0.39 is 11.2 Å². The Kier molecular flexibility index (Phi) is 5.51. The molecule has 0 aromatic heterocycles. The number of anilines is 2. The molecule has 0 fully saturated rings. The first-order chi connectivity index (χ1) is 13.8. The van der Waals surface area contributed by atoms with Crippen LogP contribution < -0.4 is 15.8 Å². The van der Waals surface area contributed by atoms with Crippen LogP contribution in [0.5, 0.6) is 11.5 Å². The van der Waals surface area contributed by atoms with Crippen LogP contribution in [0.3, 0.4) is 0 Å². The van der Waals surface area contributed by atoms with Crippen LogP contribution in [0.25, 0.3) is 0 Å². The van der Waals surface area contributed by atoms with Gasteiger partial charge in [0.1, 0.15) is 5.75 Å². The number of hydrogen-bond donors (Lipinski definition) is 2. The number of nitrogens with one attached hydrogen (secondary N) is 1. The number of amides is 1. The van der Waals surface area contributed by atoms with E-state index in [-0.39, 0.29) is 11.7 Å². The lowest BCUT2D eigenvalue weighted by Crippen LogP contribution is -2.17. The number of rotatable bonds is 5. The average molecular weight is 389 g/mol. The molecule has 3 aromatic carbocycles. The number of benzene rings is 3. The Morgan fingerprint density at radius 1 is 1.10 bits per heavy atom. The lowest BCUT2D eigenvalue weighted by Gasteiger charge is -2.16. The number of nitrogen functional groups attached to an aromatic ring is 1. The van der Waals surface area contributed by atoms with Crippen LogP contribution in [0.4, 0.5) is 15.8 Å².